The molecule has 0 amide bonds. The maximum absolute atomic E-state index is 2.36. The van der Waals surface area contributed by atoms with Crippen LogP contribution < -0.4 is 10.5 Å². The van der Waals surface area contributed by atoms with Gasteiger partial charge in [0.15, 0.2) is 0 Å². The third-order valence-electron chi connectivity index (χ3n) is 8.42. The van der Waals surface area contributed by atoms with Crippen LogP contribution >= 0.6 is 0 Å². The summed E-state index contributed by atoms with van der Waals surface area (Å²) in [5.74, 6) is 0. The molecule has 0 unspecified atom stereocenters. The van der Waals surface area contributed by atoms with Crippen LogP contribution in [0.3, 0.4) is 0 Å². The van der Waals surface area contributed by atoms with Gasteiger partial charge < -0.3 is 0 Å². The van der Waals surface area contributed by atoms with E-state index in [0.717, 1.165) is 0 Å². The van der Waals surface area contributed by atoms with E-state index >= 15 is 0 Å². The smallest absolute Gasteiger partial charge is 0.0581 e. The second-order valence-electron chi connectivity index (χ2n) is 11.5. The maximum atomic E-state index is 2.36. The summed E-state index contributed by atoms with van der Waals surface area (Å²) in [6, 6.07) is 78.1. The Bertz CT molecular complexity index is 1930. The van der Waals surface area contributed by atoms with Gasteiger partial charge in [-0.2, -0.15) is 0 Å². The molecule has 0 aromatic heterocycles. The first-order valence-electron chi connectivity index (χ1n) is 16.4. The molecular weight excluding hydrogens is 686 g/mol. The maximum Gasteiger partial charge on any atom is -0.0581 e. The summed E-state index contributed by atoms with van der Waals surface area (Å²) in [4.78, 5) is 0. The zero-order valence-corrected chi connectivity index (χ0v) is 29.3. The Kier molecular flexibility index (Phi) is 10.1. The molecule has 1 heteroatoms. The van der Waals surface area contributed by atoms with Crippen LogP contribution in [0.1, 0.15) is 0 Å². The number of rotatable bonds is 7. The van der Waals surface area contributed by atoms with Gasteiger partial charge in [-0.25, -0.2) is 0 Å². The normalized spacial score (nSPS) is 10.7. The molecule has 8 rings (SSSR count). The first-order valence-corrected chi connectivity index (χ1v) is 20.2. The summed E-state index contributed by atoms with van der Waals surface area (Å²) in [7, 11) is 0. The van der Waals surface area contributed by atoms with Crippen molar-refractivity contribution in [2.45, 2.75) is 0 Å². The predicted molar refractivity (Wildman–Crippen MR) is 208 cm³/mol. The van der Waals surface area contributed by atoms with Gasteiger partial charge >= 0.3 is 122 Å². The average Bonchev–Trinajstić information content (AvgIpc) is 3.59. The molecule has 48 heavy (non-hydrogen) atoms. The fourth-order valence-corrected chi connectivity index (χ4v) is 12.8. The van der Waals surface area contributed by atoms with Crippen molar-refractivity contribution in [2.24, 2.45) is 0 Å². The molecule has 0 aliphatic carbocycles. The van der Waals surface area contributed by atoms with Crippen molar-refractivity contribution in [3.05, 3.63) is 218 Å². The van der Waals surface area contributed by atoms with E-state index in [2.05, 4.69) is 218 Å². The molecule has 0 N–H and O–H groups in total. The number of benzene rings is 7. The van der Waals surface area contributed by atoms with E-state index in [1.165, 1.54) is 55.0 Å². The van der Waals surface area contributed by atoms with Crippen molar-refractivity contribution < 1.29 is 0 Å². The van der Waals surface area contributed by atoms with E-state index in [1.54, 1.807) is 0 Å². The predicted octanol–water partition coefficient (Wildman–Crippen LogP) is 10.3. The molecule has 8 aromatic carbocycles. The summed E-state index contributed by atoms with van der Waals surface area (Å²) >= 11 is -1.83. The number of hydrogen-bond acceptors (Lipinski definition) is 0. The van der Waals surface area contributed by atoms with Crippen LogP contribution in [0.25, 0.3) is 44.5 Å². The van der Waals surface area contributed by atoms with E-state index in [1.807, 2.05) is 0 Å². The van der Waals surface area contributed by atoms with Crippen molar-refractivity contribution in [1.29, 1.82) is 0 Å². The SMILES string of the molecule is c1cc[c]([Sb+]([c]2ccccc2)[c]2ccccc2)cc1.c1ccc(-c2[cH-]c(-c3ccccc3)c(-c3ccccc3)c2-c2ccccc2)cc1. The minimum Gasteiger partial charge on any atom is -0.125 e. The first kappa shape index (κ1) is 31.3. The van der Waals surface area contributed by atoms with Gasteiger partial charge in [-0.15, -0.1) is 28.3 Å². The number of hydrogen-bond donors (Lipinski definition) is 0. The monoisotopic (exact) mass is 721 g/mol. The zero-order valence-electron chi connectivity index (χ0n) is 26.7. The van der Waals surface area contributed by atoms with Crippen molar-refractivity contribution in [1.82, 2.24) is 0 Å². The van der Waals surface area contributed by atoms with E-state index in [0.29, 0.717) is 0 Å². The molecule has 8 aromatic rings. The van der Waals surface area contributed by atoms with E-state index in [4.69, 9.17) is 0 Å². The minimum atomic E-state index is -1.83. The van der Waals surface area contributed by atoms with Gasteiger partial charge in [-0.05, 0) is 0 Å². The largest absolute Gasteiger partial charge is 0.125 e. The Morgan fingerprint density at radius 3 is 0.750 bits per heavy atom. The second kappa shape index (κ2) is 15.5. The topological polar surface area (TPSA) is 0 Å². The summed E-state index contributed by atoms with van der Waals surface area (Å²) in [6.45, 7) is 0. The molecule has 0 bridgehead atoms. The fraction of sp³-hybridized carbons (Fsp3) is 0. The van der Waals surface area contributed by atoms with Crippen molar-refractivity contribution >= 4 is 30.7 Å². The molecule has 0 saturated carbocycles. The summed E-state index contributed by atoms with van der Waals surface area (Å²) in [5, 5.41) is 0. The second-order valence-corrected chi connectivity index (χ2v) is 17.9. The van der Waals surface area contributed by atoms with Crippen molar-refractivity contribution in [2.75, 3.05) is 0 Å². The van der Waals surface area contributed by atoms with Crippen LogP contribution in [-0.4, -0.2) is 20.2 Å². The Balaban J connectivity index is 0.000000166. The first-order chi connectivity index (χ1) is 23.9. The summed E-state index contributed by atoms with van der Waals surface area (Å²) < 4.78 is 4.55. The van der Waals surface area contributed by atoms with Gasteiger partial charge in [-0.1, -0.05) is 144 Å². The molecular formula is C47H36Sb. The Hall–Kier alpha value is -5.29. The van der Waals surface area contributed by atoms with E-state index in [9.17, 15) is 0 Å². The summed E-state index contributed by atoms with van der Waals surface area (Å²) in [5.41, 5.74) is 10.1. The van der Waals surface area contributed by atoms with Gasteiger partial charge in [0, 0.05) is 0 Å². The molecule has 0 nitrogen and oxygen atoms in total. The van der Waals surface area contributed by atoms with Crippen LogP contribution in [0.2, 0.25) is 0 Å². The zero-order chi connectivity index (χ0) is 32.4. The molecule has 0 aliphatic heterocycles. The van der Waals surface area contributed by atoms with Crippen molar-refractivity contribution in [3.8, 4) is 44.5 Å². The van der Waals surface area contributed by atoms with Crippen LogP contribution in [0, 0.1) is 0 Å². The molecule has 0 heterocycles. The third kappa shape index (κ3) is 7.16. The van der Waals surface area contributed by atoms with Crippen molar-refractivity contribution in [3.63, 3.8) is 0 Å². The van der Waals surface area contributed by atoms with Gasteiger partial charge in [0.2, 0.25) is 0 Å². The Labute approximate surface area is 292 Å². The molecule has 0 spiro atoms. The van der Waals surface area contributed by atoms with Gasteiger partial charge in [0.25, 0.3) is 0 Å². The fourth-order valence-electron chi connectivity index (χ4n) is 6.24. The molecule has 0 fully saturated rings. The van der Waals surface area contributed by atoms with Gasteiger partial charge in [0.1, 0.15) is 0 Å². The minimum absolute atomic E-state index is 1.24. The van der Waals surface area contributed by atoms with Crippen LogP contribution in [0.5, 0.6) is 0 Å². The molecule has 0 atom stereocenters. The van der Waals surface area contributed by atoms with Crippen LogP contribution in [0.4, 0.5) is 0 Å². The third-order valence-corrected chi connectivity index (χ3v) is 15.4. The Morgan fingerprint density at radius 1 is 0.250 bits per heavy atom. The standard InChI is InChI=1S/C29H21.3C6H5.Sb/c1-5-13-22(14-6-1)26-21-27(23-15-7-2-8-16-23)29(25-19-11-4-12-20-25)28(26)24-17-9-3-10-18-24;3*1-2-4-6-5-3-1;/h1-21H;3*1-5H;/q-1;;;;+1. The molecule has 229 valence electrons. The van der Waals surface area contributed by atoms with E-state index < -0.39 is 20.2 Å². The van der Waals surface area contributed by atoms with E-state index in [-0.39, 0.29) is 0 Å². The van der Waals surface area contributed by atoms with Crippen LogP contribution in [-0.2, 0) is 0 Å². The quantitative estimate of drug-likeness (QED) is 0.114. The molecule has 1 radical (unpaired) electrons. The van der Waals surface area contributed by atoms with Gasteiger partial charge in [-0.3, -0.25) is 0 Å². The summed E-state index contributed by atoms with van der Waals surface area (Å²) in [6.07, 6.45) is 0. The molecule has 0 saturated heterocycles. The van der Waals surface area contributed by atoms with Crippen LogP contribution in [0.15, 0.2) is 218 Å². The van der Waals surface area contributed by atoms with Gasteiger partial charge in [0.05, 0.1) is 0 Å². The average molecular weight is 723 g/mol. The molecule has 0 aliphatic rings. The Morgan fingerprint density at radius 2 is 0.479 bits per heavy atom.